The van der Waals surface area contributed by atoms with Crippen molar-refractivity contribution in [2.24, 2.45) is 0 Å². The van der Waals surface area contributed by atoms with Crippen molar-refractivity contribution in [1.29, 1.82) is 0 Å². The molecule has 0 aliphatic heterocycles. The number of alkyl halides is 4. The highest BCUT2D eigenvalue weighted by atomic mass is 32.1. The van der Waals surface area contributed by atoms with E-state index in [0.29, 0.717) is 5.13 Å². The van der Waals surface area contributed by atoms with Crippen LogP contribution in [0.4, 0.5) is 28.5 Å². The first-order valence-corrected chi connectivity index (χ1v) is 6.42. The lowest BCUT2D eigenvalue weighted by Gasteiger charge is -2.15. The first kappa shape index (κ1) is 16.5. The quantitative estimate of drug-likeness (QED) is 0.703. The third-order valence-electron chi connectivity index (χ3n) is 2.08. The van der Waals surface area contributed by atoms with Crippen molar-refractivity contribution in [3.63, 3.8) is 0 Å². The Labute approximate surface area is 116 Å². The molecule has 1 amide bonds. The van der Waals surface area contributed by atoms with Gasteiger partial charge in [0.1, 0.15) is 10.7 Å². The summed E-state index contributed by atoms with van der Waals surface area (Å²) in [6.07, 6.45) is -3.85. The second-order valence-electron chi connectivity index (χ2n) is 4.28. The highest BCUT2D eigenvalue weighted by Gasteiger charge is 2.41. The van der Waals surface area contributed by atoms with Gasteiger partial charge in [-0.25, -0.2) is 13.8 Å². The van der Waals surface area contributed by atoms with Crippen molar-refractivity contribution in [3.8, 4) is 0 Å². The second-order valence-corrected chi connectivity index (χ2v) is 5.28. The molecule has 0 aliphatic rings. The number of nitrogens with one attached hydrogen (secondary N) is 2. The summed E-state index contributed by atoms with van der Waals surface area (Å²) in [5.74, 6) is -5.39. The van der Waals surface area contributed by atoms with Crippen LogP contribution >= 0.6 is 11.3 Å². The van der Waals surface area contributed by atoms with Crippen LogP contribution in [0.5, 0.6) is 0 Å². The summed E-state index contributed by atoms with van der Waals surface area (Å²) in [6, 6.07) is 0.0413. The molecule has 0 bridgehead atoms. The molecule has 0 aromatic carbocycles. The van der Waals surface area contributed by atoms with Crippen LogP contribution in [-0.4, -0.2) is 35.8 Å². The van der Waals surface area contributed by atoms with E-state index < -0.39 is 24.8 Å². The maximum absolute atomic E-state index is 12.7. The smallest absolute Gasteiger partial charge is 0.324 e. The SMILES string of the molecule is CC(C)Nc1nc(N)c(C(=O)NCC(F)(F)C(F)F)s1. The molecule has 0 fully saturated rings. The average Bonchev–Trinajstić information content (AvgIpc) is 2.66. The van der Waals surface area contributed by atoms with Crippen LogP contribution in [0, 0.1) is 0 Å². The van der Waals surface area contributed by atoms with Gasteiger partial charge in [-0.05, 0) is 13.8 Å². The Morgan fingerprint density at radius 2 is 2.05 bits per heavy atom. The minimum atomic E-state index is -4.28. The molecule has 114 valence electrons. The molecule has 4 N–H and O–H groups in total. The number of thiazole rings is 1. The molecule has 0 spiro atoms. The van der Waals surface area contributed by atoms with Crippen molar-refractivity contribution >= 4 is 28.2 Å². The molecule has 0 aliphatic carbocycles. The van der Waals surface area contributed by atoms with E-state index in [0.717, 1.165) is 11.3 Å². The number of nitrogens with two attached hydrogens (primary N) is 1. The Hall–Kier alpha value is -1.58. The van der Waals surface area contributed by atoms with Crippen LogP contribution in [0.3, 0.4) is 0 Å². The number of hydrogen-bond donors (Lipinski definition) is 3. The zero-order chi connectivity index (χ0) is 15.5. The molecular formula is C10H14F4N4OS. The van der Waals surface area contributed by atoms with Gasteiger partial charge in [0.25, 0.3) is 5.91 Å². The number of nitrogen functional groups attached to an aromatic ring is 1. The number of halogens is 4. The minimum absolute atomic E-state index is 0.0413. The topological polar surface area (TPSA) is 80.0 Å². The zero-order valence-electron chi connectivity index (χ0n) is 10.7. The fraction of sp³-hybridized carbons (Fsp3) is 0.600. The lowest BCUT2D eigenvalue weighted by molar-refractivity contribution is -0.123. The van der Waals surface area contributed by atoms with Crippen LogP contribution < -0.4 is 16.4 Å². The number of rotatable bonds is 6. The van der Waals surface area contributed by atoms with E-state index in [9.17, 15) is 22.4 Å². The van der Waals surface area contributed by atoms with Crippen molar-refractivity contribution < 1.29 is 22.4 Å². The summed E-state index contributed by atoms with van der Waals surface area (Å²) < 4.78 is 49.3. The maximum atomic E-state index is 12.7. The normalized spacial score (nSPS) is 12.0. The standard InChI is InChI=1S/C10H14F4N4OS/c1-4(2)17-9-18-6(15)5(20-9)7(19)16-3-10(13,14)8(11)12/h4,8H,3,15H2,1-2H3,(H,16,19)(H,17,18). The molecule has 1 rings (SSSR count). The van der Waals surface area contributed by atoms with Crippen LogP contribution in [-0.2, 0) is 0 Å². The second kappa shape index (κ2) is 6.25. The van der Waals surface area contributed by atoms with E-state index in [2.05, 4.69) is 10.3 Å². The summed E-state index contributed by atoms with van der Waals surface area (Å²) in [7, 11) is 0. The largest absolute Gasteiger partial charge is 0.382 e. The summed E-state index contributed by atoms with van der Waals surface area (Å²) in [5.41, 5.74) is 5.48. The molecule has 5 nitrogen and oxygen atoms in total. The maximum Gasteiger partial charge on any atom is 0.324 e. The Morgan fingerprint density at radius 1 is 1.45 bits per heavy atom. The van der Waals surface area contributed by atoms with Crippen molar-refractivity contribution in [2.45, 2.75) is 32.2 Å². The molecule has 20 heavy (non-hydrogen) atoms. The Balaban J connectivity index is 2.71. The highest BCUT2D eigenvalue weighted by molar-refractivity contribution is 7.18. The lowest BCUT2D eigenvalue weighted by atomic mass is 10.3. The number of carbonyl (C=O) groups is 1. The number of anilines is 2. The minimum Gasteiger partial charge on any atom is -0.382 e. The van der Waals surface area contributed by atoms with E-state index >= 15 is 0 Å². The predicted molar refractivity (Wildman–Crippen MR) is 68.6 cm³/mol. The number of hydrogen-bond acceptors (Lipinski definition) is 5. The van der Waals surface area contributed by atoms with E-state index in [1.165, 1.54) is 0 Å². The average molecular weight is 314 g/mol. The van der Waals surface area contributed by atoms with E-state index in [4.69, 9.17) is 5.73 Å². The summed E-state index contributed by atoms with van der Waals surface area (Å²) in [5, 5.41) is 4.96. The van der Waals surface area contributed by atoms with Crippen molar-refractivity contribution in [2.75, 3.05) is 17.6 Å². The number of amides is 1. The number of carbonyl (C=O) groups excluding carboxylic acids is 1. The molecular weight excluding hydrogens is 300 g/mol. The van der Waals surface area contributed by atoms with Gasteiger partial charge in [-0.2, -0.15) is 8.78 Å². The van der Waals surface area contributed by atoms with Crippen LogP contribution in [0.25, 0.3) is 0 Å². The van der Waals surface area contributed by atoms with Crippen LogP contribution in [0.1, 0.15) is 23.5 Å². The molecule has 1 aromatic rings. The molecule has 1 heterocycles. The zero-order valence-corrected chi connectivity index (χ0v) is 11.5. The van der Waals surface area contributed by atoms with Gasteiger partial charge >= 0.3 is 12.3 Å². The number of aromatic nitrogens is 1. The monoisotopic (exact) mass is 314 g/mol. The molecule has 0 saturated heterocycles. The third kappa shape index (κ3) is 4.22. The van der Waals surface area contributed by atoms with Gasteiger partial charge in [-0.1, -0.05) is 11.3 Å². The Kier molecular flexibility index (Phi) is 5.15. The first-order valence-electron chi connectivity index (χ1n) is 5.60. The summed E-state index contributed by atoms with van der Waals surface area (Å²) in [6.45, 7) is 2.20. The van der Waals surface area contributed by atoms with Gasteiger partial charge in [0, 0.05) is 6.04 Å². The van der Waals surface area contributed by atoms with E-state index in [-0.39, 0.29) is 16.7 Å². The van der Waals surface area contributed by atoms with Crippen molar-refractivity contribution in [3.05, 3.63) is 4.88 Å². The molecule has 0 saturated carbocycles. The van der Waals surface area contributed by atoms with E-state index in [1.54, 1.807) is 5.32 Å². The summed E-state index contributed by atoms with van der Waals surface area (Å²) >= 11 is 0.863. The molecule has 0 unspecified atom stereocenters. The van der Waals surface area contributed by atoms with Gasteiger partial charge in [0.2, 0.25) is 0 Å². The Morgan fingerprint density at radius 3 is 2.55 bits per heavy atom. The van der Waals surface area contributed by atoms with Gasteiger partial charge in [-0.15, -0.1) is 0 Å². The molecule has 0 radical (unpaired) electrons. The first-order chi connectivity index (χ1) is 9.13. The lowest BCUT2D eigenvalue weighted by Crippen LogP contribution is -2.41. The molecule has 1 aromatic heterocycles. The van der Waals surface area contributed by atoms with Crippen LogP contribution in [0.2, 0.25) is 0 Å². The van der Waals surface area contributed by atoms with Gasteiger partial charge in [-0.3, -0.25) is 4.79 Å². The fourth-order valence-corrected chi connectivity index (χ4v) is 2.11. The van der Waals surface area contributed by atoms with Gasteiger partial charge < -0.3 is 16.4 Å². The van der Waals surface area contributed by atoms with Gasteiger partial charge in [0.15, 0.2) is 5.13 Å². The molecule has 10 heteroatoms. The number of nitrogens with zero attached hydrogens (tertiary/aromatic N) is 1. The van der Waals surface area contributed by atoms with Gasteiger partial charge in [0.05, 0.1) is 6.54 Å². The molecule has 0 atom stereocenters. The predicted octanol–water partition coefficient (Wildman–Crippen LogP) is 2.18. The summed E-state index contributed by atoms with van der Waals surface area (Å²) in [4.78, 5) is 15.3. The van der Waals surface area contributed by atoms with Crippen LogP contribution in [0.15, 0.2) is 0 Å². The van der Waals surface area contributed by atoms with E-state index in [1.807, 2.05) is 13.8 Å². The highest BCUT2D eigenvalue weighted by Crippen LogP contribution is 2.26. The fourth-order valence-electron chi connectivity index (χ4n) is 1.16. The third-order valence-corrected chi connectivity index (χ3v) is 3.08. The van der Waals surface area contributed by atoms with Crippen molar-refractivity contribution in [1.82, 2.24) is 10.3 Å². The Bertz CT molecular complexity index is 478.